The average Bonchev–Trinajstić information content (AvgIpc) is 3.05. The number of anilines is 1. The van der Waals surface area contributed by atoms with E-state index >= 15 is 0 Å². The number of nitrogens with one attached hydrogen (secondary N) is 1. The van der Waals surface area contributed by atoms with Gasteiger partial charge in [-0.15, -0.1) is 5.10 Å². The molecule has 0 amide bonds. The minimum absolute atomic E-state index is 0.591. The van der Waals surface area contributed by atoms with Crippen LogP contribution in [0.5, 0.6) is 0 Å². The molecule has 0 bridgehead atoms. The Morgan fingerprint density at radius 3 is 3.05 bits per heavy atom. The number of nitrogens with zero attached hydrogens (tertiary/aromatic N) is 3. The first-order valence-corrected chi connectivity index (χ1v) is 6.17. The van der Waals surface area contributed by atoms with E-state index in [0.29, 0.717) is 13.1 Å². The Balaban J connectivity index is 1.77. The molecule has 3 heterocycles. The predicted octanol–water partition coefficient (Wildman–Crippen LogP) is 1.44. The highest BCUT2D eigenvalue weighted by atomic mass is 16.3. The van der Waals surface area contributed by atoms with Gasteiger partial charge in [0.05, 0.1) is 24.7 Å². The smallest absolute Gasteiger partial charge is 0.153 e. The summed E-state index contributed by atoms with van der Waals surface area (Å²) in [5.74, 6) is 1.65. The number of fused-ring (bicyclic) bond motifs is 1. The Bertz CT molecular complexity index is 659. The first-order valence-electron chi connectivity index (χ1n) is 6.17. The van der Waals surface area contributed by atoms with Gasteiger partial charge in [-0.3, -0.25) is 0 Å². The third-order valence-corrected chi connectivity index (χ3v) is 2.79. The number of nitrogens with two attached hydrogens (primary N) is 1. The summed E-state index contributed by atoms with van der Waals surface area (Å²) in [4.78, 5) is 4.43. The molecule has 0 fully saturated rings. The van der Waals surface area contributed by atoms with Crippen LogP contribution in [-0.4, -0.2) is 21.1 Å². The third-order valence-electron chi connectivity index (χ3n) is 2.79. The fourth-order valence-electron chi connectivity index (χ4n) is 1.88. The van der Waals surface area contributed by atoms with Gasteiger partial charge in [0.1, 0.15) is 11.6 Å². The molecular weight excluding hydrogens is 242 g/mol. The molecular formula is C13H15N5O. The molecule has 3 N–H and O–H groups in total. The van der Waals surface area contributed by atoms with Crippen LogP contribution < -0.4 is 11.1 Å². The van der Waals surface area contributed by atoms with E-state index in [2.05, 4.69) is 15.4 Å². The van der Waals surface area contributed by atoms with E-state index in [1.807, 2.05) is 30.5 Å². The van der Waals surface area contributed by atoms with Crippen LogP contribution in [-0.2, 0) is 13.0 Å². The molecule has 98 valence electrons. The molecule has 0 atom stereocenters. The van der Waals surface area contributed by atoms with E-state index in [9.17, 15) is 0 Å². The van der Waals surface area contributed by atoms with Gasteiger partial charge >= 0.3 is 0 Å². The summed E-state index contributed by atoms with van der Waals surface area (Å²) in [6.07, 6.45) is 4.32. The second-order valence-corrected chi connectivity index (χ2v) is 4.23. The van der Waals surface area contributed by atoms with Gasteiger partial charge in [0, 0.05) is 6.42 Å². The van der Waals surface area contributed by atoms with Crippen molar-refractivity contribution in [2.45, 2.75) is 13.0 Å². The van der Waals surface area contributed by atoms with Gasteiger partial charge in [-0.25, -0.2) is 9.50 Å². The zero-order valence-corrected chi connectivity index (χ0v) is 10.4. The highest BCUT2D eigenvalue weighted by Gasteiger charge is 2.03. The largest absolute Gasteiger partial charge is 0.467 e. The predicted molar refractivity (Wildman–Crippen MR) is 71.8 cm³/mol. The van der Waals surface area contributed by atoms with Crippen molar-refractivity contribution in [2.75, 3.05) is 11.9 Å². The minimum atomic E-state index is 0.591. The second-order valence-electron chi connectivity index (χ2n) is 4.23. The van der Waals surface area contributed by atoms with E-state index in [0.717, 1.165) is 29.3 Å². The molecule has 0 aliphatic rings. The number of hydrogen-bond acceptors (Lipinski definition) is 5. The maximum absolute atomic E-state index is 5.52. The Labute approximate surface area is 110 Å². The van der Waals surface area contributed by atoms with E-state index < -0.39 is 0 Å². The first kappa shape index (κ1) is 11.7. The molecule has 0 saturated carbocycles. The van der Waals surface area contributed by atoms with Gasteiger partial charge in [0.25, 0.3) is 0 Å². The van der Waals surface area contributed by atoms with Crippen LogP contribution in [0.1, 0.15) is 11.5 Å². The monoisotopic (exact) mass is 257 g/mol. The van der Waals surface area contributed by atoms with Crippen LogP contribution in [0.15, 0.2) is 41.1 Å². The van der Waals surface area contributed by atoms with Crippen LogP contribution in [0, 0.1) is 0 Å². The lowest BCUT2D eigenvalue weighted by atomic mass is 10.3. The summed E-state index contributed by atoms with van der Waals surface area (Å²) >= 11 is 0. The minimum Gasteiger partial charge on any atom is -0.467 e. The average molecular weight is 257 g/mol. The quantitative estimate of drug-likeness (QED) is 0.722. The SMILES string of the molecule is NCCc1cn2nc(NCc3ccco3)ccc2n1. The highest BCUT2D eigenvalue weighted by Crippen LogP contribution is 2.10. The van der Waals surface area contributed by atoms with Gasteiger partial charge < -0.3 is 15.5 Å². The Morgan fingerprint density at radius 1 is 1.32 bits per heavy atom. The number of imidazole rings is 1. The molecule has 6 heteroatoms. The van der Waals surface area contributed by atoms with Crippen molar-refractivity contribution in [1.29, 1.82) is 0 Å². The molecule has 0 aliphatic heterocycles. The Hall–Kier alpha value is -2.34. The van der Waals surface area contributed by atoms with Crippen LogP contribution >= 0.6 is 0 Å². The molecule has 0 radical (unpaired) electrons. The molecule has 0 unspecified atom stereocenters. The molecule has 3 aromatic rings. The van der Waals surface area contributed by atoms with E-state index in [1.54, 1.807) is 10.8 Å². The van der Waals surface area contributed by atoms with Crippen molar-refractivity contribution in [3.63, 3.8) is 0 Å². The lowest BCUT2D eigenvalue weighted by molar-refractivity contribution is 0.517. The Kier molecular flexibility index (Phi) is 3.16. The van der Waals surface area contributed by atoms with Gasteiger partial charge in [-0.05, 0) is 30.8 Å². The molecule has 6 nitrogen and oxygen atoms in total. The van der Waals surface area contributed by atoms with Crippen molar-refractivity contribution in [3.05, 3.63) is 48.2 Å². The van der Waals surface area contributed by atoms with Crippen molar-refractivity contribution in [1.82, 2.24) is 14.6 Å². The van der Waals surface area contributed by atoms with Gasteiger partial charge in [-0.2, -0.15) is 0 Å². The summed E-state index contributed by atoms with van der Waals surface area (Å²) in [5.41, 5.74) is 7.30. The lowest BCUT2D eigenvalue weighted by Gasteiger charge is -2.03. The van der Waals surface area contributed by atoms with Crippen molar-refractivity contribution >= 4 is 11.5 Å². The van der Waals surface area contributed by atoms with Crippen LogP contribution in [0.4, 0.5) is 5.82 Å². The van der Waals surface area contributed by atoms with Crippen LogP contribution in [0.2, 0.25) is 0 Å². The number of rotatable bonds is 5. The fourth-order valence-corrected chi connectivity index (χ4v) is 1.88. The van der Waals surface area contributed by atoms with E-state index in [1.165, 1.54) is 0 Å². The molecule has 19 heavy (non-hydrogen) atoms. The maximum atomic E-state index is 5.52. The summed E-state index contributed by atoms with van der Waals surface area (Å²) in [5, 5.41) is 7.64. The molecule has 3 rings (SSSR count). The van der Waals surface area contributed by atoms with Gasteiger partial charge in [0.2, 0.25) is 0 Å². The highest BCUT2D eigenvalue weighted by molar-refractivity contribution is 5.45. The van der Waals surface area contributed by atoms with Gasteiger partial charge in [-0.1, -0.05) is 0 Å². The normalized spacial score (nSPS) is 11.0. The Morgan fingerprint density at radius 2 is 2.26 bits per heavy atom. The summed E-state index contributed by atoms with van der Waals surface area (Å²) in [7, 11) is 0. The number of hydrogen-bond donors (Lipinski definition) is 2. The van der Waals surface area contributed by atoms with Crippen molar-refractivity contribution < 1.29 is 4.42 Å². The zero-order chi connectivity index (χ0) is 13.1. The second kappa shape index (κ2) is 5.11. The summed E-state index contributed by atoms with van der Waals surface area (Å²) in [6, 6.07) is 7.61. The third kappa shape index (κ3) is 2.58. The van der Waals surface area contributed by atoms with Crippen LogP contribution in [0.3, 0.4) is 0 Å². The van der Waals surface area contributed by atoms with Gasteiger partial charge in [0.15, 0.2) is 5.65 Å². The standard InChI is InChI=1S/C13H15N5O/c14-6-5-10-9-18-13(16-10)4-3-12(17-18)15-8-11-2-1-7-19-11/h1-4,7,9H,5-6,8,14H2,(H,15,17). The molecule has 0 aliphatic carbocycles. The fraction of sp³-hybridized carbons (Fsp3) is 0.231. The number of furan rings is 1. The summed E-state index contributed by atoms with van der Waals surface area (Å²) in [6.45, 7) is 1.20. The van der Waals surface area contributed by atoms with Crippen molar-refractivity contribution in [3.8, 4) is 0 Å². The molecule has 0 saturated heterocycles. The van der Waals surface area contributed by atoms with E-state index in [-0.39, 0.29) is 0 Å². The zero-order valence-electron chi connectivity index (χ0n) is 10.4. The topological polar surface area (TPSA) is 81.4 Å². The molecule has 0 aromatic carbocycles. The molecule has 0 spiro atoms. The lowest BCUT2D eigenvalue weighted by Crippen LogP contribution is -2.03. The summed E-state index contributed by atoms with van der Waals surface area (Å²) < 4.78 is 7.01. The van der Waals surface area contributed by atoms with E-state index in [4.69, 9.17) is 10.2 Å². The number of aromatic nitrogens is 3. The van der Waals surface area contributed by atoms with Crippen LogP contribution in [0.25, 0.3) is 5.65 Å². The maximum Gasteiger partial charge on any atom is 0.153 e. The molecule has 3 aromatic heterocycles. The van der Waals surface area contributed by atoms with Crippen molar-refractivity contribution in [2.24, 2.45) is 5.73 Å². The first-order chi connectivity index (χ1) is 9.35.